The van der Waals surface area contributed by atoms with E-state index < -0.39 is 0 Å². The van der Waals surface area contributed by atoms with E-state index in [-0.39, 0.29) is 12.0 Å². The third kappa shape index (κ3) is 5.17. The fourth-order valence-corrected chi connectivity index (χ4v) is 2.90. The fraction of sp³-hybridized carbons (Fsp3) is 0.450. The quantitative estimate of drug-likeness (QED) is 0.874. The predicted octanol–water partition coefficient (Wildman–Crippen LogP) is 2.58. The number of aryl methyl sites for hydroxylation is 1. The van der Waals surface area contributed by atoms with E-state index in [4.69, 9.17) is 4.74 Å². The minimum Gasteiger partial charge on any atom is -0.491 e. The van der Waals surface area contributed by atoms with Gasteiger partial charge in [0, 0.05) is 37.6 Å². The average molecular weight is 369 g/mol. The molecule has 3 rings (SSSR count). The highest BCUT2D eigenvalue weighted by molar-refractivity contribution is 6.03. The van der Waals surface area contributed by atoms with Crippen LogP contribution >= 0.6 is 0 Å². The first-order valence-electron chi connectivity index (χ1n) is 9.28. The molecule has 1 amide bonds. The van der Waals surface area contributed by atoms with Crippen molar-refractivity contribution >= 4 is 17.5 Å². The zero-order chi connectivity index (χ0) is 19.4. The lowest BCUT2D eigenvalue weighted by molar-refractivity contribution is 0.102. The van der Waals surface area contributed by atoms with E-state index in [1.54, 1.807) is 6.07 Å². The molecule has 0 radical (unpaired) electrons. The van der Waals surface area contributed by atoms with Crippen LogP contribution in [0.1, 0.15) is 30.0 Å². The van der Waals surface area contributed by atoms with Crippen LogP contribution in [0.4, 0.5) is 11.6 Å². The molecule has 1 N–H and O–H groups in total. The molecule has 27 heavy (non-hydrogen) atoms. The van der Waals surface area contributed by atoms with Crippen molar-refractivity contribution < 1.29 is 9.53 Å². The molecule has 0 spiro atoms. The summed E-state index contributed by atoms with van der Waals surface area (Å²) < 4.78 is 5.62. The molecular formula is C20H27N5O2. The summed E-state index contributed by atoms with van der Waals surface area (Å²) in [6.45, 7) is 9.48. The number of hydrogen-bond acceptors (Lipinski definition) is 6. The molecule has 1 saturated heterocycles. The average Bonchev–Trinajstić information content (AvgIpc) is 2.63. The summed E-state index contributed by atoms with van der Waals surface area (Å²) >= 11 is 0. The number of hydrogen-bond donors (Lipinski definition) is 1. The molecule has 0 bridgehead atoms. The Kier molecular flexibility index (Phi) is 5.91. The highest BCUT2D eigenvalue weighted by Gasteiger charge is 2.19. The Morgan fingerprint density at radius 2 is 1.78 bits per heavy atom. The lowest BCUT2D eigenvalue weighted by Crippen LogP contribution is -2.45. The van der Waals surface area contributed by atoms with Crippen LogP contribution in [-0.4, -0.2) is 60.1 Å². The fourth-order valence-electron chi connectivity index (χ4n) is 2.90. The number of carbonyl (C=O) groups excluding carboxylic acids is 1. The molecule has 0 saturated carbocycles. The molecule has 2 heterocycles. The van der Waals surface area contributed by atoms with Crippen molar-refractivity contribution in [2.24, 2.45) is 0 Å². The first-order chi connectivity index (χ1) is 12.9. The number of likely N-dealkylation sites (N-methyl/N-ethyl adjacent to an activating group) is 1. The number of ether oxygens (including phenoxy) is 1. The number of nitrogens with one attached hydrogen (secondary N) is 1. The van der Waals surface area contributed by atoms with Gasteiger partial charge in [0.2, 0.25) is 5.95 Å². The number of piperazine rings is 1. The standard InChI is InChI=1S/C20H27N5O2/c1-14(2)27-17-7-5-16(6-8-17)22-19(26)18-13-15(3)21-20(23-18)25-11-9-24(4)10-12-25/h5-8,13-14H,9-12H2,1-4H3,(H,22,26). The highest BCUT2D eigenvalue weighted by atomic mass is 16.5. The van der Waals surface area contributed by atoms with Crippen LogP contribution in [0.3, 0.4) is 0 Å². The summed E-state index contributed by atoms with van der Waals surface area (Å²) in [6.07, 6.45) is 0.113. The largest absolute Gasteiger partial charge is 0.491 e. The van der Waals surface area contributed by atoms with Crippen LogP contribution in [0.5, 0.6) is 5.75 Å². The van der Waals surface area contributed by atoms with Gasteiger partial charge in [0.25, 0.3) is 5.91 Å². The summed E-state index contributed by atoms with van der Waals surface area (Å²) in [5.74, 6) is 1.15. The van der Waals surface area contributed by atoms with Gasteiger partial charge in [-0.1, -0.05) is 0 Å². The van der Waals surface area contributed by atoms with Gasteiger partial charge in [-0.3, -0.25) is 4.79 Å². The van der Waals surface area contributed by atoms with Crippen LogP contribution in [0, 0.1) is 6.92 Å². The second-order valence-electron chi connectivity index (χ2n) is 7.13. The van der Waals surface area contributed by atoms with E-state index in [2.05, 4.69) is 32.1 Å². The molecule has 2 aromatic rings. The molecule has 1 aromatic carbocycles. The maximum absolute atomic E-state index is 12.7. The molecular weight excluding hydrogens is 342 g/mol. The van der Waals surface area contributed by atoms with Gasteiger partial charge in [0.05, 0.1) is 6.10 Å². The maximum atomic E-state index is 12.7. The molecule has 1 aromatic heterocycles. The SMILES string of the molecule is Cc1cc(C(=O)Nc2ccc(OC(C)C)cc2)nc(N2CCN(C)CC2)n1. The van der Waals surface area contributed by atoms with Crippen molar-refractivity contribution in [3.8, 4) is 5.75 Å². The zero-order valence-corrected chi connectivity index (χ0v) is 16.4. The van der Waals surface area contributed by atoms with Crippen molar-refractivity contribution in [1.29, 1.82) is 0 Å². The summed E-state index contributed by atoms with van der Waals surface area (Å²) in [6, 6.07) is 9.05. The van der Waals surface area contributed by atoms with Crippen molar-refractivity contribution in [1.82, 2.24) is 14.9 Å². The van der Waals surface area contributed by atoms with Crippen LogP contribution < -0.4 is 15.0 Å². The maximum Gasteiger partial charge on any atom is 0.274 e. The number of nitrogens with zero attached hydrogens (tertiary/aromatic N) is 4. The van der Waals surface area contributed by atoms with Gasteiger partial charge < -0.3 is 19.9 Å². The van der Waals surface area contributed by atoms with E-state index in [0.717, 1.165) is 37.6 Å². The first kappa shape index (κ1) is 19.1. The van der Waals surface area contributed by atoms with Crippen LogP contribution in [-0.2, 0) is 0 Å². The topological polar surface area (TPSA) is 70.6 Å². The highest BCUT2D eigenvalue weighted by Crippen LogP contribution is 2.18. The van der Waals surface area contributed by atoms with Crippen molar-refractivity contribution in [3.63, 3.8) is 0 Å². The lowest BCUT2D eigenvalue weighted by atomic mass is 10.2. The van der Waals surface area contributed by atoms with Gasteiger partial charge in [0.15, 0.2) is 0 Å². The number of aromatic nitrogens is 2. The monoisotopic (exact) mass is 369 g/mol. The molecule has 7 heteroatoms. The molecule has 0 unspecified atom stereocenters. The van der Waals surface area contributed by atoms with Crippen LogP contribution in [0.15, 0.2) is 30.3 Å². The summed E-state index contributed by atoms with van der Waals surface area (Å²) in [4.78, 5) is 26.1. The van der Waals surface area contributed by atoms with E-state index in [9.17, 15) is 4.79 Å². The number of carbonyl (C=O) groups is 1. The molecule has 0 aliphatic carbocycles. The van der Waals surface area contributed by atoms with Crippen molar-refractivity contribution in [3.05, 3.63) is 41.7 Å². The normalized spacial score (nSPS) is 15.1. The molecule has 1 aliphatic heterocycles. The molecule has 7 nitrogen and oxygen atoms in total. The van der Waals surface area contributed by atoms with Gasteiger partial charge >= 0.3 is 0 Å². The Morgan fingerprint density at radius 1 is 1.11 bits per heavy atom. The van der Waals surface area contributed by atoms with E-state index in [0.29, 0.717) is 17.3 Å². The number of benzene rings is 1. The summed E-state index contributed by atoms with van der Waals surface area (Å²) in [5, 5.41) is 2.89. The van der Waals surface area contributed by atoms with Crippen LogP contribution in [0.2, 0.25) is 0 Å². The number of anilines is 2. The van der Waals surface area contributed by atoms with Gasteiger partial charge in [-0.25, -0.2) is 9.97 Å². The third-order valence-corrected chi connectivity index (χ3v) is 4.35. The van der Waals surface area contributed by atoms with E-state index in [1.807, 2.05) is 45.0 Å². The van der Waals surface area contributed by atoms with E-state index in [1.165, 1.54) is 0 Å². The van der Waals surface area contributed by atoms with Crippen LogP contribution in [0.25, 0.3) is 0 Å². The Bertz CT molecular complexity index is 783. The predicted molar refractivity (Wildman–Crippen MR) is 107 cm³/mol. The second-order valence-corrected chi connectivity index (χ2v) is 7.13. The van der Waals surface area contributed by atoms with Crippen molar-refractivity contribution in [2.45, 2.75) is 26.9 Å². The number of amides is 1. The minimum absolute atomic E-state index is 0.113. The Balaban J connectivity index is 1.71. The summed E-state index contributed by atoms with van der Waals surface area (Å²) in [7, 11) is 2.10. The lowest BCUT2D eigenvalue weighted by Gasteiger charge is -2.32. The summed E-state index contributed by atoms with van der Waals surface area (Å²) in [5.41, 5.74) is 1.86. The zero-order valence-electron chi connectivity index (χ0n) is 16.4. The Labute approximate surface area is 160 Å². The van der Waals surface area contributed by atoms with Gasteiger partial charge in [-0.2, -0.15) is 0 Å². The first-order valence-corrected chi connectivity index (χ1v) is 9.28. The molecule has 1 fully saturated rings. The Hall–Kier alpha value is -2.67. The molecule has 1 aliphatic rings. The number of rotatable bonds is 5. The minimum atomic E-state index is -0.242. The third-order valence-electron chi connectivity index (χ3n) is 4.35. The van der Waals surface area contributed by atoms with E-state index >= 15 is 0 Å². The van der Waals surface area contributed by atoms with Gasteiger partial charge in [0.1, 0.15) is 11.4 Å². The Morgan fingerprint density at radius 3 is 2.41 bits per heavy atom. The molecule has 144 valence electrons. The second kappa shape index (κ2) is 8.35. The van der Waals surface area contributed by atoms with Gasteiger partial charge in [-0.05, 0) is 58.2 Å². The smallest absolute Gasteiger partial charge is 0.274 e. The van der Waals surface area contributed by atoms with Crippen molar-refractivity contribution in [2.75, 3.05) is 43.4 Å². The van der Waals surface area contributed by atoms with Gasteiger partial charge in [-0.15, -0.1) is 0 Å². The molecule has 0 atom stereocenters.